The molecule has 0 aliphatic carbocycles. The highest BCUT2D eigenvalue weighted by Gasteiger charge is 2.17. The van der Waals surface area contributed by atoms with Crippen molar-refractivity contribution in [1.29, 1.82) is 0 Å². The quantitative estimate of drug-likeness (QED) is 0.819. The van der Waals surface area contributed by atoms with E-state index in [-0.39, 0.29) is 12.1 Å². The zero-order valence-electron chi connectivity index (χ0n) is 15.4. The van der Waals surface area contributed by atoms with Crippen molar-refractivity contribution in [2.45, 2.75) is 19.6 Å². The fourth-order valence-corrected chi connectivity index (χ4v) is 3.15. The number of methoxy groups -OCH3 is 1. The van der Waals surface area contributed by atoms with Crippen LogP contribution in [0.1, 0.15) is 12.5 Å². The van der Waals surface area contributed by atoms with Crippen molar-refractivity contribution >= 4 is 29.1 Å². The summed E-state index contributed by atoms with van der Waals surface area (Å²) in [7, 11) is 1.51. The lowest BCUT2D eigenvalue weighted by atomic mass is 10.2. The molecule has 0 spiro atoms. The van der Waals surface area contributed by atoms with Crippen LogP contribution < -0.4 is 20.3 Å². The molecule has 3 rings (SSSR count). The van der Waals surface area contributed by atoms with Gasteiger partial charge in [0.1, 0.15) is 5.82 Å². The zero-order valence-corrected chi connectivity index (χ0v) is 16.1. The highest BCUT2D eigenvalue weighted by atomic mass is 35.5. The number of nitrogens with one attached hydrogen (secondary N) is 2. The molecule has 1 aliphatic rings. The minimum atomic E-state index is -0.346. The molecule has 1 unspecified atom stereocenters. The summed E-state index contributed by atoms with van der Waals surface area (Å²) in [4.78, 5) is 18.8. The van der Waals surface area contributed by atoms with Gasteiger partial charge in [0.15, 0.2) is 5.75 Å². The van der Waals surface area contributed by atoms with Gasteiger partial charge in [-0.2, -0.15) is 0 Å². The van der Waals surface area contributed by atoms with Crippen LogP contribution in [0.2, 0.25) is 5.02 Å². The number of pyridine rings is 1. The first-order valence-corrected chi connectivity index (χ1v) is 9.13. The van der Waals surface area contributed by atoms with E-state index >= 15 is 0 Å². The largest absolute Gasteiger partial charge is 0.493 e. The first kappa shape index (κ1) is 19.3. The van der Waals surface area contributed by atoms with Crippen LogP contribution in [0.5, 0.6) is 5.75 Å². The van der Waals surface area contributed by atoms with Crippen molar-refractivity contribution in [1.82, 2.24) is 10.3 Å². The van der Waals surface area contributed by atoms with Crippen LogP contribution >= 0.6 is 11.6 Å². The molecular formula is C19H23ClN4O3. The van der Waals surface area contributed by atoms with Gasteiger partial charge in [0.25, 0.3) is 0 Å². The Kier molecular flexibility index (Phi) is 6.36. The number of ether oxygens (including phenoxy) is 2. The molecule has 1 atom stereocenters. The van der Waals surface area contributed by atoms with Crippen molar-refractivity contribution in [2.75, 3.05) is 37.0 Å². The zero-order chi connectivity index (χ0) is 19.2. The Hall–Kier alpha value is -2.51. The normalized spacial score (nSPS) is 16.7. The maximum Gasteiger partial charge on any atom is 0.319 e. The Balaban J connectivity index is 1.54. The van der Waals surface area contributed by atoms with Gasteiger partial charge in [-0.15, -0.1) is 0 Å². The van der Waals surface area contributed by atoms with Crippen LogP contribution in [0.15, 0.2) is 36.5 Å². The maximum atomic E-state index is 12.2. The van der Waals surface area contributed by atoms with E-state index < -0.39 is 0 Å². The van der Waals surface area contributed by atoms with Crippen molar-refractivity contribution in [3.8, 4) is 5.75 Å². The number of hydrogen-bond donors (Lipinski definition) is 2. The predicted octanol–water partition coefficient (Wildman–Crippen LogP) is 3.29. The molecule has 1 fully saturated rings. The van der Waals surface area contributed by atoms with Gasteiger partial charge >= 0.3 is 6.03 Å². The fourth-order valence-electron chi connectivity index (χ4n) is 2.90. The molecule has 0 radical (unpaired) electrons. The number of aromatic nitrogens is 1. The van der Waals surface area contributed by atoms with E-state index in [1.54, 1.807) is 24.4 Å². The minimum Gasteiger partial charge on any atom is -0.493 e. The molecule has 8 heteroatoms. The van der Waals surface area contributed by atoms with Crippen molar-refractivity contribution in [3.05, 3.63) is 47.1 Å². The van der Waals surface area contributed by atoms with Gasteiger partial charge in [0, 0.05) is 25.8 Å². The number of carbonyl (C=O) groups is 1. The number of carbonyl (C=O) groups excluding carboxylic acids is 1. The molecule has 1 aromatic carbocycles. The van der Waals surface area contributed by atoms with Gasteiger partial charge in [-0.25, -0.2) is 9.78 Å². The highest BCUT2D eigenvalue weighted by Crippen LogP contribution is 2.32. The Bertz CT molecular complexity index is 785. The van der Waals surface area contributed by atoms with E-state index in [0.29, 0.717) is 29.6 Å². The van der Waals surface area contributed by atoms with Gasteiger partial charge in [-0.05, 0) is 30.7 Å². The van der Waals surface area contributed by atoms with Crippen LogP contribution in [-0.2, 0) is 11.3 Å². The van der Waals surface area contributed by atoms with E-state index in [1.807, 2.05) is 12.1 Å². The second-order valence-corrected chi connectivity index (χ2v) is 6.69. The highest BCUT2D eigenvalue weighted by molar-refractivity contribution is 6.32. The van der Waals surface area contributed by atoms with Crippen LogP contribution in [-0.4, -0.2) is 43.9 Å². The fraction of sp³-hybridized carbons (Fsp3) is 0.368. The van der Waals surface area contributed by atoms with E-state index in [0.717, 1.165) is 24.5 Å². The summed E-state index contributed by atoms with van der Waals surface area (Å²) in [5.74, 6) is 1.35. The van der Waals surface area contributed by atoms with Crippen LogP contribution in [0.4, 0.5) is 16.3 Å². The minimum absolute atomic E-state index is 0.203. The van der Waals surface area contributed by atoms with Gasteiger partial charge in [0.05, 0.1) is 30.5 Å². The molecule has 27 heavy (non-hydrogen) atoms. The number of para-hydroxylation sites is 1. The summed E-state index contributed by atoms with van der Waals surface area (Å²) in [5, 5.41) is 5.98. The monoisotopic (exact) mass is 390 g/mol. The Morgan fingerprint density at radius 2 is 2.26 bits per heavy atom. The van der Waals surface area contributed by atoms with Gasteiger partial charge in [0.2, 0.25) is 0 Å². The maximum absolute atomic E-state index is 12.2. The van der Waals surface area contributed by atoms with E-state index in [2.05, 4.69) is 27.4 Å². The molecule has 7 nitrogen and oxygen atoms in total. The van der Waals surface area contributed by atoms with Crippen LogP contribution in [0, 0.1) is 0 Å². The molecule has 144 valence electrons. The number of morpholine rings is 1. The smallest absolute Gasteiger partial charge is 0.319 e. The third kappa shape index (κ3) is 5.02. The lowest BCUT2D eigenvalue weighted by Crippen LogP contribution is -2.41. The van der Waals surface area contributed by atoms with Crippen LogP contribution in [0.3, 0.4) is 0 Å². The summed E-state index contributed by atoms with van der Waals surface area (Å²) >= 11 is 6.06. The standard InChI is InChI=1S/C19H23ClN4O3/c1-13-12-24(8-9-27-13)17-7-6-14(10-21-17)11-22-19(25)23-16-5-3-4-15(20)18(16)26-2/h3-7,10,13H,8-9,11-12H2,1-2H3,(H2,22,23,25). The van der Waals surface area contributed by atoms with Gasteiger partial charge in [-0.3, -0.25) is 0 Å². The number of anilines is 2. The van der Waals surface area contributed by atoms with Gasteiger partial charge < -0.3 is 25.0 Å². The SMILES string of the molecule is COc1c(Cl)cccc1NC(=O)NCc1ccc(N2CCOC(C)C2)nc1. The number of amides is 2. The average molecular weight is 391 g/mol. The van der Waals surface area contributed by atoms with Crippen molar-refractivity contribution < 1.29 is 14.3 Å². The summed E-state index contributed by atoms with van der Waals surface area (Å²) < 4.78 is 10.8. The average Bonchev–Trinajstić information content (AvgIpc) is 2.67. The second kappa shape index (κ2) is 8.92. The predicted molar refractivity (Wildman–Crippen MR) is 106 cm³/mol. The number of rotatable bonds is 5. The molecule has 2 amide bonds. The number of benzene rings is 1. The molecule has 2 N–H and O–H groups in total. The summed E-state index contributed by atoms with van der Waals surface area (Å²) in [5.41, 5.74) is 1.42. The molecule has 0 saturated carbocycles. The first-order chi connectivity index (χ1) is 13.1. The van der Waals surface area contributed by atoms with Crippen molar-refractivity contribution in [3.63, 3.8) is 0 Å². The second-order valence-electron chi connectivity index (χ2n) is 6.28. The van der Waals surface area contributed by atoms with Crippen molar-refractivity contribution in [2.24, 2.45) is 0 Å². The molecule has 1 aliphatic heterocycles. The number of halogens is 1. The van der Waals surface area contributed by atoms with E-state index in [1.165, 1.54) is 7.11 Å². The topological polar surface area (TPSA) is 75.7 Å². The third-order valence-corrected chi connectivity index (χ3v) is 4.54. The van der Waals surface area contributed by atoms with Crippen LogP contribution in [0.25, 0.3) is 0 Å². The Morgan fingerprint density at radius 1 is 1.41 bits per heavy atom. The Morgan fingerprint density at radius 3 is 2.96 bits per heavy atom. The summed E-state index contributed by atoms with van der Waals surface area (Å²) in [6, 6.07) is 8.75. The molecule has 2 aromatic rings. The molecule has 2 heterocycles. The number of nitrogens with zero attached hydrogens (tertiary/aromatic N) is 2. The Labute approximate surface area is 163 Å². The molecule has 1 saturated heterocycles. The number of hydrogen-bond acceptors (Lipinski definition) is 5. The molecule has 1 aromatic heterocycles. The summed E-state index contributed by atoms with van der Waals surface area (Å²) in [6.07, 6.45) is 1.98. The molecule has 0 bridgehead atoms. The third-order valence-electron chi connectivity index (χ3n) is 4.25. The van der Waals surface area contributed by atoms with Gasteiger partial charge in [-0.1, -0.05) is 23.7 Å². The molecular weight excluding hydrogens is 368 g/mol. The summed E-state index contributed by atoms with van der Waals surface area (Å²) in [6.45, 7) is 4.78. The van der Waals surface area contributed by atoms with E-state index in [4.69, 9.17) is 21.1 Å². The number of urea groups is 1. The lowest BCUT2D eigenvalue weighted by Gasteiger charge is -2.32. The van der Waals surface area contributed by atoms with E-state index in [9.17, 15) is 4.79 Å². The first-order valence-electron chi connectivity index (χ1n) is 8.75. The lowest BCUT2D eigenvalue weighted by molar-refractivity contribution is 0.0529.